The van der Waals surface area contributed by atoms with E-state index in [-0.39, 0.29) is 0 Å². The average molecular weight is 343 g/mol. The minimum Gasteiger partial charge on any atom is -0.341 e. The van der Waals surface area contributed by atoms with Crippen LogP contribution in [0.2, 0.25) is 5.02 Å². The van der Waals surface area contributed by atoms with E-state index in [1.165, 1.54) is 18.1 Å². The second kappa shape index (κ2) is 4.83. The first-order valence-electron chi connectivity index (χ1n) is 4.87. The lowest BCUT2D eigenvalue weighted by Gasteiger charge is -2.03. The first-order valence-corrected chi connectivity index (χ1v) is 6.86. The Bertz CT molecular complexity index is 716. The van der Waals surface area contributed by atoms with E-state index in [9.17, 15) is 0 Å². The zero-order chi connectivity index (χ0) is 12.5. The fourth-order valence-electron chi connectivity index (χ4n) is 1.39. The SMILES string of the molecule is Clc1cc(Br)cnc1Sc1ncnc2nc[nH]c12. The monoisotopic (exact) mass is 341 g/mol. The van der Waals surface area contributed by atoms with Crippen molar-refractivity contribution in [3.63, 3.8) is 0 Å². The van der Waals surface area contributed by atoms with Gasteiger partial charge in [-0.1, -0.05) is 11.6 Å². The van der Waals surface area contributed by atoms with Gasteiger partial charge < -0.3 is 4.98 Å². The summed E-state index contributed by atoms with van der Waals surface area (Å²) in [5.41, 5.74) is 1.41. The molecule has 18 heavy (non-hydrogen) atoms. The topological polar surface area (TPSA) is 67.3 Å². The van der Waals surface area contributed by atoms with E-state index in [0.717, 1.165) is 15.0 Å². The summed E-state index contributed by atoms with van der Waals surface area (Å²) in [5.74, 6) is 0. The van der Waals surface area contributed by atoms with Crippen molar-refractivity contribution in [1.82, 2.24) is 24.9 Å². The number of pyridine rings is 1. The third-order valence-corrected chi connectivity index (χ3v) is 4.01. The highest BCUT2D eigenvalue weighted by Gasteiger charge is 2.11. The van der Waals surface area contributed by atoms with Gasteiger partial charge in [0, 0.05) is 10.7 Å². The molecule has 1 N–H and O–H groups in total. The van der Waals surface area contributed by atoms with Crippen LogP contribution in [-0.4, -0.2) is 24.9 Å². The Labute approximate surface area is 120 Å². The fourth-order valence-corrected chi connectivity index (χ4v) is 2.93. The maximum Gasteiger partial charge on any atom is 0.181 e. The molecule has 0 atom stereocenters. The molecule has 0 aliphatic rings. The van der Waals surface area contributed by atoms with Crippen LogP contribution < -0.4 is 0 Å². The number of aromatic nitrogens is 5. The van der Waals surface area contributed by atoms with Gasteiger partial charge in [-0.2, -0.15) is 0 Å². The van der Waals surface area contributed by atoms with E-state index in [1.54, 1.807) is 18.6 Å². The van der Waals surface area contributed by atoms with Gasteiger partial charge in [0.25, 0.3) is 0 Å². The van der Waals surface area contributed by atoms with Crippen molar-refractivity contribution in [3.05, 3.63) is 34.4 Å². The third-order valence-electron chi connectivity index (χ3n) is 2.16. The summed E-state index contributed by atoms with van der Waals surface area (Å²) in [5, 5.41) is 2.00. The van der Waals surface area contributed by atoms with Crippen molar-refractivity contribution in [2.45, 2.75) is 10.1 Å². The van der Waals surface area contributed by atoms with E-state index in [4.69, 9.17) is 11.6 Å². The number of aromatic amines is 1. The Kier molecular flexibility index (Phi) is 3.19. The highest BCUT2D eigenvalue weighted by Crippen LogP contribution is 2.33. The summed E-state index contributed by atoms with van der Waals surface area (Å²) in [6, 6.07) is 1.79. The Hall–Kier alpha value is -1.18. The van der Waals surface area contributed by atoms with Crippen molar-refractivity contribution in [2.75, 3.05) is 0 Å². The zero-order valence-corrected chi connectivity index (χ0v) is 11.9. The second-order valence-corrected chi connectivity index (χ2v) is 5.62. The molecule has 0 unspecified atom stereocenters. The lowest BCUT2D eigenvalue weighted by atomic mass is 10.5. The van der Waals surface area contributed by atoms with Crippen LogP contribution >= 0.6 is 39.3 Å². The van der Waals surface area contributed by atoms with Crippen LogP contribution in [0.5, 0.6) is 0 Å². The van der Waals surface area contributed by atoms with E-state index in [1.807, 2.05) is 0 Å². The van der Waals surface area contributed by atoms with Gasteiger partial charge in [0.1, 0.15) is 21.9 Å². The minimum atomic E-state index is 0.570. The Balaban J connectivity index is 2.03. The van der Waals surface area contributed by atoms with Crippen LogP contribution in [0.15, 0.2) is 39.4 Å². The lowest BCUT2D eigenvalue weighted by molar-refractivity contribution is 1.07. The smallest absolute Gasteiger partial charge is 0.181 e. The molecule has 5 nitrogen and oxygen atoms in total. The number of nitrogens with zero attached hydrogens (tertiary/aromatic N) is 4. The van der Waals surface area contributed by atoms with Gasteiger partial charge in [0.05, 0.1) is 11.3 Å². The molecule has 0 fully saturated rings. The van der Waals surface area contributed by atoms with Crippen LogP contribution in [0.25, 0.3) is 11.2 Å². The Morgan fingerprint density at radius 2 is 2.06 bits per heavy atom. The lowest BCUT2D eigenvalue weighted by Crippen LogP contribution is -1.88. The van der Waals surface area contributed by atoms with Crippen LogP contribution in [-0.2, 0) is 0 Å². The molecule has 3 rings (SSSR count). The molecule has 0 aliphatic carbocycles. The van der Waals surface area contributed by atoms with E-state index >= 15 is 0 Å². The normalized spacial score (nSPS) is 11.0. The molecule has 0 spiro atoms. The Morgan fingerprint density at radius 3 is 2.89 bits per heavy atom. The molecule has 0 aliphatic heterocycles. The molecule has 3 aromatic heterocycles. The third kappa shape index (κ3) is 2.21. The molecule has 0 saturated carbocycles. The van der Waals surface area contributed by atoms with Crippen molar-refractivity contribution in [1.29, 1.82) is 0 Å². The van der Waals surface area contributed by atoms with Gasteiger partial charge in [-0.05, 0) is 33.8 Å². The highest BCUT2D eigenvalue weighted by molar-refractivity contribution is 9.10. The van der Waals surface area contributed by atoms with E-state index in [0.29, 0.717) is 15.7 Å². The quantitative estimate of drug-likeness (QED) is 0.724. The van der Waals surface area contributed by atoms with Gasteiger partial charge in [-0.15, -0.1) is 0 Å². The molecule has 3 aromatic rings. The maximum absolute atomic E-state index is 6.12. The van der Waals surface area contributed by atoms with Crippen LogP contribution in [0, 0.1) is 0 Å². The van der Waals surface area contributed by atoms with E-state index < -0.39 is 0 Å². The summed E-state index contributed by atoms with van der Waals surface area (Å²) in [6.45, 7) is 0. The first-order chi connectivity index (χ1) is 8.74. The first kappa shape index (κ1) is 11.9. The van der Waals surface area contributed by atoms with Gasteiger partial charge in [-0.3, -0.25) is 0 Å². The van der Waals surface area contributed by atoms with Crippen LogP contribution in [0.1, 0.15) is 0 Å². The number of H-pyrrole nitrogens is 1. The number of rotatable bonds is 2. The summed E-state index contributed by atoms with van der Waals surface area (Å²) < 4.78 is 0.839. The standard InChI is InChI=1S/C10H5BrClN5S/c11-5-1-6(12)9(13-2-5)18-10-7-8(15-3-14-7)16-4-17-10/h1-4H,(H,14,15,16,17). The molecule has 0 saturated heterocycles. The number of halogens is 2. The molecule has 90 valence electrons. The summed E-state index contributed by atoms with van der Waals surface area (Å²) >= 11 is 10.8. The second-order valence-electron chi connectivity index (χ2n) is 3.32. The zero-order valence-electron chi connectivity index (χ0n) is 8.76. The molecule has 8 heteroatoms. The summed E-state index contributed by atoms with van der Waals surface area (Å²) in [6.07, 6.45) is 4.75. The van der Waals surface area contributed by atoms with Crippen molar-refractivity contribution in [2.24, 2.45) is 0 Å². The van der Waals surface area contributed by atoms with Gasteiger partial charge in [-0.25, -0.2) is 19.9 Å². The van der Waals surface area contributed by atoms with Crippen molar-refractivity contribution < 1.29 is 0 Å². The van der Waals surface area contributed by atoms with Crippen LogP contribution in [0.4, 0.5) is 0 Å². The number of nitrogens with one attached hydrogen (secondary N) is 1. The van der Waals surface area contributed by atoms with Crippen LogP contribution in [0.3, 0.4) is 0 Å². The predicted octanol–water partition coefficient (Wildman–Crippen LogP) is 3.32. The highest BCUT2D eigenvalue weighted by atomic mass is 79.9. The largest absolute Gasteiger partial charge is 0.341 e. The summed E-state index contributed by atoms with van der Waals surface area (Å²) in [4.78, 5) is 19.6. The number of hydrogen-bond acceptors (Lipinski definition) is 5. The predicted molar refractivity (Wildman–Crippen MR) is 72.8 cm³/mol. The maximum atomic E-state index is 6.12. The molecular formula is C10H5BrClN5S. The average Bonchev–Trinajstić information content (AvgIpc) is 2.82. The number of hydrogen-bond donors (Lipinski definition) is 1. The molecule has 3 heterocycles. The molecule has 0 bridgehead atoms. The van der Waals surface area contributed by atoms with Gasteiger partial charge in [0.2, 0.25) is 0 Å². The molecule has 0 aromatic carbocycles. The number of imidazole rings is 1. The van der Waals surface area contributed by atoms with Crippen molar-refractivity contribution >= 4 is 50.5 Å². The van der Waals surface area contributed by atoms with E-state index in [2.05, 4.69) is 40.8 Å². The molecule has 0 amide bonds. The number of fused-ring (bicyclic) bond motifs is 1. The summed E-state index contributed by atoms with van der Waals surface area (Å²) in [7, 11) is 0. The Morgan fingerprint density at radius 1 is 1.17 bits per heavy atom. The van der Waals surface area contributed by atoms with Gasteiger partial charge >= 0.3 is 0 Å². The fraction of sp³-hybridized carbons (Fsp3) is 0. The minimum absolute atomic E-state index is 0.570. The molecule has 0 radical (unpaired) electrons. The van der Waals surface area contributed by atoms with Gasteiger partial charge in [0.15, 0.2) is 5.65 Å². The van der Waals surface area contributed by atoms with Crippen molar-refractivity contribution in [3.8, 4) is 0 Å². The molecular weight excluding hydrogens is 338 g/mol.